The second-order valence-electron chi connectivity index (χ2n) is 5.55. The Morgan fingerprint density at radius 3 is 2.82 bits per heavy atom. The number of aromatic nitrogens is 1. The van der Waals surface area contributed by atoms with Gasteiger partial charge in [0.1, 0.15) is 5.75 Å². The fourth-order valence-electron chi connectivity index (χ4n) is 2.33. The molecule has 4 nitrogen and oxygen atoms in total. The van der Waals surface area contributed by atoms with Gasteiger partial charge >= 0.3 is 0 Å². The fourth-order valence-corrected chi connectivity index (χ4v) is 3.11. The van der Waals surface area contributed by atoms with E-state index < -0.39 is 5.97 Å². The molecule has 0 unspecified atom stereocenters. The molecule has 0 aliphatic carbocycles. The number of hydrogen-bond donors (Lipinski definition) is 0. The highest BCUT2D eigenvalue weighted by molar-refractivity contribution is 7.09. The second-order valence-corrected chi connectivity index (χ2v) is 6.50. The van der Waals surface area contributed by atoms with Crippen molar-refractivity contribution in [2.75, 3.05) is 6.61 Å². The number of benzene rings is 1. The number of carbonyl (C=O) groups excluding carboxylic acids is 1. The highest BCUT2D eigenvalue weighted by atomic mass is 32.1. The molecule has 0 bridgehead atoms. The summed E-state index contributed by atoms with van der Waals surface area (Å²) in [5.74, 6) is 0.258. The third kappa shape index (κ3) is 4.56. The van der Waals surface area contributed by atoms with Crippen LogP contribution in [0, 0.1) is 6.92 Å². The molecule has 118 valence electrons. The van der Waals surface area contributed by atoms with Gasteiger partial charge in [0.2, 0.25) is 0 Å². The van der Waals surface area contributed by atoms with E-state index in [0.29, 0.717) is 24.6 Å². The van der Waals surface area contributed by atoms with Crippen molar-refractivity contribution < 1.29 is 14.6 Å². The molecule has 0 aliphatic rings. The second kappa shape index (κ2) is 7.40. The Morgan fingerprint density at radius 2 is 2.18 bits per heavy atom. The number of rotatable bonds is 7. The van der Waals surface area contributed by atoms with Crippen LogP contribution in [0.25, 0.3) is 0 Å². The topological polar surface area (TPSA) is 62.2 Å². The number of aliphatic carboxylic acids is 1. The quantitative estimate of drug-likeness (QED) is 0.787. The van der Waals surface area contributed by atoms with E-state index in [0.717, 1.165) is 10.8 Å². The molecule has 0 atom stereocenters. The molecule has 0 saturated heterocycles. The first kappa shape index (κ1) is 16.5. The van der Waals surface area contributed by atoms with E-state index >= 15 is 0 Å². The number of carboxylic acid groups (broad SMARTS) is 1. The Balaban J connectivity index is 1.87. The minimum atomic E-state index is -1.10. The summed E-state index contributed by atoms with van der Waals surface area (Å²) in [6, 6.07) is 6.15. The normalized spacial score (nSPS) is 10.9. The molecule has 0 radical (unpaired) electrons. The maximum absolute atomic E-state index is 10.5. The van der Waals surface area contributed by atoms with Crippen LogP contribution < -0.4 is 9.84 Å². The van der Waals surface area contributed by atoms with Gasteiger partial charge in [0.05, 0.1) is 17.3 Å². The van der Waals surface area contributed by atoms with Crippen molar-refractivity contribution in [3.8, 4) is 5.75 Å². The zero-order chi connectivity index (χ0) is 16.1. The molecular formula is C17H20NO3S-. The van der Waals surface area contributed by atoms with Crippen LogP contribution in [0.3, 0.4) is 0 Å². The van der Waals surface area contributed by atoms with E-state index in [4.69, 9.17) is 4.74 Å². The van der Waals surface area contributed by atoms with Gasteiger partial charge in [-0.3, -0.25) is 0 Å². The maximum atomic E-state index is 10.5. The Hall–Kier alpha value is -1.88. The molecule has 0 amide bonds. The molecule has 5 heteroatoms. The summed E-state index contributed by atoms with van der Waals surface area (Å²) in [6.07, 6.45) is 0.538. The number of carboxylic acids is 1. The van der Waals surface area contributed by atoms with Crippen molar-refractivity contribution in [2.24, 2.45) is 0 Å². The van der Waals surface area contributed by atoms with Crippen LogP contribution in [-0.4, -0.2) is 17.6 Å². The molecule has 1 heterocycles. The van der Waals surface area contributed by atoms with Crippen molar-refractivity contribution >= 4 is 17.3 Å². The number of thiazole rings is 1. The molecule has 0 aliphatic heterocycles. The van der Waals surface area contributed by atoms with Crippen molar-refractivity contribution in [3.63, 3.8) is 0 Å². The lowest BCUT2D eigenvalue weighted by Crippen LogP contribution is -2.24. The van der Waals surface area contributed by atoms with E-state index in [2.05, 4.69) is 37.9 Å². The van der Waals surface area contributed by atoms with Crippen LogP contribution in [0.1, 0.15) is 41.6 Å². The lowest BCUT2D eigenvalue weighted by Gasteiger charge is -2.12. The average Bonchev–Trinajstić information content (AvgIpc) is 2.85. The first-order valence-corrected chi connectivity index (χ1v) is 8.20. The number of aryl methyl sites for hydroxylation is 1. The van der Waals surface area contributed by atoms with Crippen molar-refractivity contribution in [3.05, 3.63) is 45.4 Å². The van der Waals surface area contributed by atoms with Crippen molar-refractivity contribution in [1.82, 2.24) is 4.98 Å². The number of carbonyl (C=O) groups is 1. The Bertz CT molecular complexity index is 649. The monoisotopic (exact) mass is 318 g/mol. The molecule has 0 N–H and O–H groups in total. The lowest BCUT2D eigenvalue weighted by molar-refractivity contribution is -0.304. The summed E-state index contributed by atoms with van der Waals surface area (Å²) < 4.78 is 5.75. The van der Waals surface area contributed by atoms with Crippen LogP contribution in [-0.2, 0) is 17.6 Å². The summed E-state index contributed by atoms with van der Waals surface area (Å²) in [6.45, 7) is 6.97. The standard InChI is InChI=1S/C17H21NO3S/c1-11(2)15-5-4-14(8-12(15)3)21-7-6-16-18-13(10-22-16)9-17(19)20/h4-5,8,10-11H,6-7,9H2,1-3H3,(H,19,20)/p-1. The minimum Gasteiger partial charge on any atom is -0.550 e. The molecule has 0 saturated carbocycles. The summed E-state index contributed by atoms with van der Waals surface area (Å²) >= 11 is 1.45. The van der Waals surface area contributed by atoms with Gasteiger partial charge in [-0.05, 0) is 36.1 Å². The lowest BCUT2D eigenvalue weighted by atomic mass is 9.98. The van der Waals surface area contributed by atoms with E-state index in [1.54, 1.807) is 5.38 Å². The van der Waals surface area contributed by atoms with Crippen LogP contribution >= 0.6 is 11.3 Å². The Kier molecular flexibility index (Phi) is 5.55. The maximum Gasteiger partial charge on any atom is 0.119 e. The Labute approximate surface area is 134 Å². The third-order valence-electron chi connectivity index (χ3n) is 3.37. The van der Waals surface area contributed by atoms with Gasteiger partial charge in [0.15, 0.2) is 0 Å². The summed E-state index contributed by atoms with van der Waals surface area (Å²) in [5, 5.41) is 13.2. The van der Waals surface area contributed by atoms with Crippen LogP contribution in [0.5, 0.6) is 5.75 Å². The minimum absolute atomic E-state index is 0.132. The smallest absolute Gasteiger partial charge is 0.119 e. The fraction of sp³-hybridized carbons (Fsp3) is 0.412. The first-order valence-electron chi connectivity index (χ1n) is 7.32. The predicted molar refractivity (Wildman–Crippen MR) is 85.3 cm³/mol. The molecule has 0 spiro atoms. The summed E-state index contributed by atoms with van der Waals surface area (Å²) in [5.41, 5.74) is 3.12. The molecular weight excluding hydrogens is 298 g/mol. The molecule has 1 aromatic carbocycles. The van der Waals surface area contributed by atoms with E-state index in [1.807, 2.05) is 6.07 Å². The highest BCUT2D eigenvalue weighted by Gasteiger charge is 2.06. The SMILES string of the molecule is Cc1cc(OCCc2nc(CC(=O)[O-])cs2)ccc1C(C)C. The van der Waals surface area contributed by atoms with Crippen LogP contribution in [0.15, 0.2) is 23.6 Å². The molecule has 2 rings (SSSR count). The van der Waals surface area contributed by atoms with Gasteiger partial charge in [-0.2, -0.15) is 0 Å². The van der Waals surface area contributed by atoms with Crippen molar-refractivity contribution in [2.45, 2.75) is 39.5 Å². The van der Waals surface area contributed by atoms with Gasteiger partial charge in [-0.25, -0.2) is 4.98 Å². The van der Waals surface area contributed by atoms with Crippen LogP contribution in [0.4, 0.5) is 0 Å². The Morgan fingerprint density at radius 1 is 1.41 bits per heavy atom. The van der Waals surface area contributed by atoms with E-state index in [9.17, 15) is 9.90 Å². The zero-order valence-electron chi connectivity index (χ0n) is 13.1. The van der Waals surface area contributed by atoms with Gasteiger partial charge in [-0.15, -0.1) is 11.3 Å². The molecule has 22 heavy (non-hydrogen) atoms. The average molecular weight is 318 g/mol. The largest absolute Gasteiger partial charge is 0.550 e. The van der Waals surface area contributed by atoms with E-state index in [1.165, 1.54) is 22.5 Å². The van der Waals surface area contributed by atoms with Gasteiger partial charge in [0.25, 0.3) is 0 Å². The number of nitrogens with zero attached hydrogens (tertiary/aromatic N) is 1. The number of hydrogen-bond acceptors (Lipinski definition) is 5. The molecule has 0 fully saturated rings. The van der Waals surface area contributed by atoms with Crippen molar-refractivity contribution in [1.29, 1.82) is 0 Å². The molecule has 2 aromatic rings. The third-order valence-corrected chi connectivity index (χ3v) is 4.33. The highest BCUT2D eigenvalue weighted by Crippen LogP contribution is 2.23. The van der Waals surface area contributed by atoms with Gasteiger partial charge in [-0.1, -0.05) is 19.9 Å². The molecule has 1 aromatic heterocycles. The first-order chi connectivity index (χ1) is 10.5. The summed E-state index contributed by atoms with van der Waals surface area (Å²) in [4.78, 5) is 14.8. The van der Waals surface area contributed by atoms with Gasteiger partial charge < -0.3 is 14.6 Å². The van der Waals surface area contributed by atoms with E-state index in [-0.39, 0.29) is 6.42 Å². The summed E-state index contributed by atoms with van der Waals surface area (Å²) in [7, 11) is 0. The zero-order valence-corrected chi connectivity index (χ0v) is 13.9. The van der Waals surface area contributed by atoms with Gasteiger partial charge in [0, 0.05) is 24.2 Å². The van der Waals surface area contributed by atoms with Crippen LogP contribution in [0.2, 0.25) is 0 Å². The predicted octanol–water partition coefficient (Wildman–Crippen LogP) is 2.49. The number of ether oxygens (including phenoxy) is 1.